The van der Waals surface area contributed by atoms with Crippen LogP contribution in [0.3, 0.4) is 0 Å². The fraction of sp³-hybridized carbons (Fsp3) is 0.222. The van der Waals surface area contributed by atoms with Gasteiger partial charge in [0, 0.05) is 16.3 Å². The van der Waals surface area contributed by atoms with Crippen LogP contribution in [-0.2, 0) is 5.75 Å². The Bertz CT molecular complexity index is 417. The summed E-state index contributed by atoms with van der Waals surface area (Å²) in [5, 5.41) is 3.82. The van der Waals surface area contributed by atoms with Gasteiger partial charge in [-0.15, -0.1) is 0 Å². The Hall–Kier alpha value is -1.21. The number of halogens is 3. The first-order chi connectivity index (χ1) is 8.02. The minimum atomic E-state index is -2.89. The second-order valence-electron chi connectivity index (χ2n) is 2.89. The van der Waals surface area contributed by atoms with E-state index in [-0.39, 0.29) is 16.7 Å². The third-order valence-corrected chi connectivity index (χ3v) is 2.83. The van der Waals surface area contributed by atoms with Crippen LogP contribution in [0.1, 0.15) is 5.56 Å². The predicted octanol–water partition coefficient (Wildman–Crippen LogP) is 2.36. The summed E-state index contributed by atoms with van der Waals surface area (Å²) in [5.41, 5.74) is 5.87. The molecule has 1 rings (SSSR count). The highest BCUT2D eigenvalue weighted by Gasteiger charge is 2.10. The molecule has 0 bridgehead atoms. The lowest BCUT2D eigenvalue weighted by Crippen LogP contribution is -2.10. The van der Waals surface area contributed by atoms with E-state index in [0.717, 1.165) is 11.8 Å². The molecule has 0 amide bonds. The van der Waals surface area contributed by atoms with Crippen molar-refractivity contribution >= 4 is 28.5 Å². The van der Waals surface area contributed by atoms with Crippen molar-refractivity contribution in [1.29, 1.82) is 0 Å². The van der Waals surface area contributed by atoms with Crippen molar-refractivity contribution in [3.05, 3.63) is 28.8 Å². The van der Waals surface area contributed by atoms with Crippen molar-refractivity contribution in [3.63, 3.8) is 0 Å². The van der Waals surface area contributed by atoms with Crippen LogP contribution < -0.4 is 16.3 Å². The third-order valence-electron chi connectivity index (χ3n) is 1.74. The van der Waals surface area contributed by atoms with E-state index < -0.39 is 6.61 Å². The molecule has 0 spiro atoms. The molecule has 1 aromatic carbocycles. The molecule has 0 aliphatic heterocycles. The third kappa shape index (κ3) is 4.66. The number of alkyl halides is 2. The van der Waals surface area contributed by atoms with Gasteiger partial charge in [-0.1, -0.05) is 23.4 Å². The molecule has 0 radical (unpaired) electrons. The molecule has 0 saturated carbocycles. The van der Waals surface area contributed by atoms with Crippen LogP contribution in [0, 0.1) is 0 Å². The number of nitrogens with two attached hydrogens (primary N) is 2. The zero-order chi connectivity index (χ0) is 12.8. The van der Waals surface area contributed by atoms with Gasteiger partial charge in [-0.2, -0.15) is 13.9 Å². The van der Waals surface area contributed by atoms with Crippen LogP contribution in [-0.4, -0.2) is 11.8 Å². The van der Waals surface area contributed by atoms with Crippen LogP contribution in [0.15, 0.2) is 23.3 Å². The van der Waals surface area contributed by atoms with Crippen LogP contribution >= 0.6 is 23.4 Å². The van der Waals surface area contributed by atoms with E-state index in [0.29, 0.717) is 10.6 Å². The number of nitrogens with zero attached hydrogens (tertiary/aromatic N) is 1. The Balaban J connectivity index is 2.83. The quantitative estimate of drug-likeness (QED) is 0.385. The first-order valence-corrected chi connectivity index (χ1v) is 5.78. The molecule has 0 fully saturated rings. The van der Waals surface area contributed by atoms with Gasteiger partial charge in [-0.3, -0.25) is 0 Å². The maximum Gasteiger partial charge on any atom is 0.387 e. The average Bonchev–Trinajstić information content (AvgIpc) is 2.28. The fourth-order valence-corrected chi connectivity index (χ4v) is 1.86. The molecular weight excluding hydrogens is 272 g/mol. The highest BCUT2D eigenvalue weighted by Crippen LogP contribution is 2.27. The van der Waals surface area contributed by atoms with E-state index in [1.807, 2.05) is 0 Å². The van der Waals surface area contributed by atoms with Gasteiger partial charge in [-0.25, -0.2) is 0 Å². The highest BCUT2D eigenvalue weighted by atomic mass is 35.5. The van der Waals surface area contributed by atoms with Crippen molar-refractivity contribution in [3.8, 4) is 5.75 Å². The maximum absolute atomic E-state index is 12.1. The fourth-order valence-electron chi connectivity index (χ4n) is 1.06. The Morgan fingerprint density at radius 1 is 1.53 bits per heavy atom. The largest absolute Gasteiger partial charge is 0.435 e. The summed E-state index contributed by atoms with van der Waals surface area (Å²) in [5.74, 6) is 5.29. The molecule has 8 heteroatoms. The van der Waals surface area contributed by atoms with Crippen molar-refractivity contribution in [2.24, 2.45) is 16.7 Å². The second-order valence-corrected chi connectivity index (χ2v) is 4.32. The number of amidine groups is 1. The van der Waals surface area contributed by atoms with E-state index in [1.165, 1.54) is 18.2 Å². The van der Waals surface area contributed by atoms with Crippen molar-refractivity contribution < 1.29 is 13.5 Å². The van der Waals surface area contributed by atoms with Crippen molar-refractivity contribution in [1.82, 2.24) is 0 Å². The molecule has 4 N–H and O–H groups in total. The van der Waals surface area contributed by atoms with E-state index in [2.05, 4.69) is 9.84 Å². The Kier molecular flexibility index (Phi) is 5.30. The lowest BCUT2D eigenvalue weighted by molar-refractivity contribution is -0.0503. The molecule has 0 aromatic heterocycles. The number of thioether (sulfide) groups is 1. The number of ether oxygens (including phenoxy) is 1. The molecule has 4 nitrogen and oxygen atoms in total. The second kappa shape index (κ2) is 6.51. The first-order valence-electron chi connectivity index (χ1n) is 4.42. The number of hydrogen-bond acceptors (Lipinski definition) is 4. The Morgan fingerprint density at radius 3 is 2.82 bits per heavy atom. The zero-order valence-electron chi connectivity index (χ0n) is 8.57. The van der Waals surface area contributed by atoms with E-state index in [4.69, 9.17) is 23.2 Å². The molecule has 0 unspecified atom stereocenters. The Morgan fingerprint density at radius 2 is 2.24 bits per heavy atom. The standard InChI is InChI=1S/C9H10ClF2N3OS/c10-6-1-2-7(16-8(11)12)5(3-6)4-17-9(13)15-14/h1-3,8H,4,14H2,(H2,13,15). The molecule has 0 atom stereocenters. The summed E-state index contributed by atoms with van der Waals surface area (Å²) in [7, 11) is 0. The zero-order valence-corrected chi connectivity index (χ0v) is 10.1. The Labute approximate surface area is 106 Å². The number of hydrazone groups is 1. The summed E-state index contributed by atoms with van der Waals surface area (Å²) in [4.78, 5) is 0. The lowest BCUT2D eigenvalue weighted by Gasteiger charge is -2.10. The molecule has 0 aliphatic rings. The predicted molar refractivity (Wildman–Crippen MR) is 65.2 cm³/mol. The molecule has 94 valence electrons. The van der Waals surface area contributed by atoms with E-state index in [1.54, 1.807) is 0 Å². The van der Waals surface area contributed by atoms with Crippen molar-refractivity contribution in [2.45, 2.75) is 12.4 Å². The molecule has 0 saturated heterocycles. The molecular formula is C9H10ClF2N3OS. The first kappa shape index (κ1) is 13.9. The number of rotatable bonds is 4. The van der Waals surface area contributed by atoms with Crippen LogP contribution in [0.4, 0.5) is 8.78 Å². The van der Waals surface area contributed by atoms with Gasteiger partial charge >= 0.3 is 6.61 Å². The average molecular weight is 282 g/mol. The summed E-state index contributed by atoms with van der Waals surface area (Å²) < 4.78 is 28.6. The van der Waals surface area contributed by atoms with Crippen molar-refractivity contribution in [2.75, 3.05) is 0 Å². The summed E-state index contributed by atoms with van der Waals surface area (Å²) >= 11 is 6.86. The van der Waals surface area contributed by atoms with Gasteiger partial charge in [0.15, 0.2) is 5.17 Å². The normalized spacial score (nSPS) is 11.9. The topological polar surface area (TPSA) is 73.6 Å². The van der Waals surface area contributed by atoms with Crippen LogP contribution in [0.2, 0.25) is 5.02 Å². The highest BCUT2D eigenvalue weighted by molar-refractivity contribution is 8.13. The molecule has 0 aliphatic carbocycles. The van der Waals surface area contributed by atoms with Crippen LogP contribution in [0.5, 0.6) is 5.75 Å². The smallest absolute Gasteiger partial charge is 0.387 e. The van der Waals surface area contributed by atoms with Crippen LogP contribution in [0.25, 0.3) is 0 Å². The molecule has 0 heterocycles. The van der Waals surface area contributed by atoms with Gasteiger partial charge in [0.1, 0.15) is 5.75 Å². The van der Waals surface area contributed by atoms with Gasteiger partial charge in [0.05, 0.1) is 0 Å². The maximum atomic E-state index is 12.1. The van der Waals surface area contributed by atoms with Gasteiger partial charge in [-0.05, 0) is 18.2 Å². The van der Waals surface area contributed by atoms with Gasteiger partial charge < -0.3 is 16.3 Å². The molecule has 17 heavy (non-hydrogen) atoms. The summed E-state index contributed by atoms with van der Waals surface area (Å²) in [6.45, 7) is -2.89. The number of benzene rings is 1. The minimum Gasteiger partial charge on any atom is -0.435 e. The van der Waals surface area contributed by atoms with E-state index in [9.17, 15) is 8.78 Å². The minimum absolute atomic E-state index is 0.0571. The van der Waals surface area contributed by atoms with E-state index >= 15 is 0 Å². The summed E-state index contributed by atoms with van der Waals surface area (Å²) in [6, 6.07) is 4.37. The number of hydrogen-bond donors (Lipinski definition) is 2. The SMILES string of the molecule is NN=C(N)SCc1cc(Cl)ccc1OC(F)F. The van der Waals surface area contributed by atoms with Gasteiger partial charge in [0.2, 0.25) is 0 Å². The van der Waals surface area contributed by atoms with Gasteiger partial charge in [0.25, 0.3) is 0 Å². The monoisotopic (exact) mass is 281 g/mol. The lowest BCUT2D eigenvalue weighted by atomic mass is 10.2. The summed E-state index contributed by atoms with van der Waals surface area (Å²) in [6.07, 6.45) is 0. The molecule has 1 aromatic rings.